The molecule has 86 valence electrons. The maximum Gasteiger partial charge on any atom is 0.115 e. The number of nitrogens with one attached hydrogen (secondary N) is 1. The van der Waals surface area contributed by atoms with Crippen LogP contribution < -0.4 is 5.32 Å². The van der Waals surface area contributed by atoms with Crippen molar-refractivity contribution in [1.29, 1.82) is 0 Å². The smallest absolute Gasteiger partial charge is 0.115 e. The lowest BCUT2D eigenvalue weighted by atomic mass is 9.95. The first-order chi connectivity index (χ1) is 7.00. The molecule has 2 unspecified atom stereocenters. The van der Waals surface area contributed by atoms with E-state index < -0.39 is 0 Å². The lowest BCUT2D eigenvalue weighted by Gasteiger charge is -2.35. The number of nitrogens with zero attached hydrogens (tertiary/aromatic N) is 1. The van der Waals surface area contributed by atoms with E-state index in [4.69, 9.17) is 4.74 Å². The lowest BCUT2D eigenvalue weighted by Crippen LogP contribution is -2.51. The first-order valence-corrected chi connectivity index (χ1v) is 6.09. The van der Waals surface area contributed by atoms with Crippen LogP contribution in [0.15, 0.2) is 11.6 Å². The predicted octanol–water partition coefficient (Wildman–Crippen LogP) is 2.39. The zero-order valence-electron chi connectivity index (χ0n) is 10.1. The number of methoxy groups -OCH3 is 1. The fourth-order valence-corrected chi connectivity index (χ4v) is 2.51. The molecule has 0 amide bonds. The van der Waals surface area contributed by atoms with Crippen molar-refractivity contribution in [3.63, 3.8) is 0 Å². The molecule has 0 radical (unpaired) electrons. The molecule has 1 aromatic heterocycles. The molecule has 3 nitrogen and oxygen atoms in total. The zero-order chi connectivity index (χ0) is 11.5. The molecule has 1 rings (SSSR count). The molecule has 4 heteroatoms. The molecule has 0 aliphatic heterocycles. The summed E-state index contributed by atoms with van der Waals surface area (Å²) in [4.78, 5) is 4.39. The Morgan fingerprint density at radius 3 is 2.53 bits per heavy atom. The van der Waals surface area contributed by atoms with Crippen molar-refractivity contribution in [1.82, 2.24) is 10.3 Å². The van der Waals surface area contributed by atoms with E-state index >= 15 is 0 Å². The fraction of sp³-hybridized carbons (Fsp3) is 0.727. The van der Waals surface area contributed by atoms with Crippen molar-refractivity contribution >= 4 is 11.3 Å². The highest BCUT2D eigenvalue weighted by molar-refractivity contribution is 7.09. The monoisotopic (exact) mass is 228 g/mol. The van der Waals surface area contributed by atoms with Crippen LogP contribution in [-0.4, -0.2) is 24.2 Å². The molecule has 1 N–H and O–H groups in total. The van der Waals surface area contributed by atoms with Gasteiger partial charge in [-0.15, -0.1) is 11.3 Å². The van der Waals surface area contributed by atoms with E-state index in [9.17, 15) is 0 Å². The zero-order valence-corrected chi connectivity index (χ0v) is 10.9. The van der Waals surface area contributed by atoms with Gasteiger partial charge in [-0.05, 0) is 27.7 Å². The van der Waals surface area contributed by atoms with Crippen molar-refractivity contribution in [2.45, 2.75) is 45.4 Å². The largest absolute Gasteiger partial charge is 0.379 e. The summed E-state index contributed by atoms with van der Waals surface area (Å²) in [5, 5.41) is 6.60. The second-order valence-corrected chi connectivity index (χ2v) is 5.11. The first-order valence-electron chi connectivity index (χ1n) is 5.21. The highest BCUT2D eigenvalue weighted by Gasteiger charge is 2.36. The van der Waals surface area contributed by atoms with Gasteiger partial charge in [-0.25, -0.2) is 4.98 Å². The maximum atomic E-state index is 5.44. The van der Waals surface area contributed by atoms with Crippen LogP contribution in [0.4, 0.5) is 0 Å². The summed E-state index contributed by atoms with van der Waals surface area (Å²) >= 11 is 1.66. The quantitative estimate of drug-likeness (QED) is 0.840. The fourth-order valence-electron chi connectivity index (χ4n) is 1.67. The average molecular weight is 228 g/mol. The van der Waals surface area contributed by atoms with Crippen LogP contribution in [0.25, 0.3) is 0 Å². The van der Waals surface area contributed by atoms with Crippen molar-refractivity contribution in [3.05, 3.63) is 16.6 Å². The van der Waals surface area contributed by atoms with E-state index in [1.54, 1.807) is 18.4 Å². The van der Waals surface area contributed by atoms with Crippen LogP contribution in [-0.2, 0) is 10.3 Å². The van der Waals surface area contributed by atoms with Crippen molar-refractivity contribution in [2.75, 3.05) is 7.11 Å². The Balaban J connectivity index is 2.96. The molecule has 0 aromatic carbocycles. The van der Waals surface area contributed by atoms with E-state index in [0.717, 1.165) is 5.01 Å². The van der Waals surface area contributed by atoms with Crippen LogP contribution in [0.5, 0.6) is 0 Å². The highest BCUT2D eigenvalue weighted by atomic mass is 32.1. The summed E-state index contributed by atoms with van der Waals surface area (Å²) in [5.74, 6) is 0. The summed E-state index contributed by atoms with van der Waals surface area (Å²) in [6.07, 6.45) is 1.92. The summed E-state index contributed by atoms with van der Waals surface area (Å²) in [6.45, 7) is 8.47. The molecule has 0 bridgehead atoms. The van der Waals surface area contributed by atoms with Gasteiger partial charge in [-0.1, -0.05) is 0 Å². The SMILES string of the molecule is COC(C)C(C)(NC(C)C)c1nccs1. The van der Waals surface area contributed by atoms with Crippen LogP contribution in [0.2, 0.25) is 0 Å². The van der Waals surface area contributed by atoms with Crippen molar-refractivity contribution in [2.24, 2.45) is 0 Å². The molecule has 0 fully saturated rings. The standard InChI is InChI=1S/C11H20N2OS/c1-8(2)13-11(4,9(3)14-5)10-12-6-7-15-10/h6-9,13H,1-5H3. The highest BCUT2D eigenvalue weighted by Crippen LogP contribution is 2.28. The summed E-state index contributed by atoms with van der Waals surface area (Å²) in [6, 6.07) is 0.400. The first kappa shape index (κ1) is 12.6. The van der Waals surface area contributed by atoms with E-state index in [2.05, 4.69) is 38.0 Å². The van der Waals surface area contributed by atoms with Crippen LogP contribution in [0, 0.1) is 0 Å². The summed E-state index contributed by atoms with van der Waals surface area (Å²) in [7, 11) is 1.73. The molecule has 0 saturated carbocycles. The van der Waals surface area contributed by atoms with Gasteiger partial charge >= 0.3 is 0 Å². The number of aromatic nitrogens is 1. The Morgan fingerprint density at radius 2 is 2.13 bits per heavy atom. The number of thiazole rings is 1. The number of hydrogen-bond acceptors (Lipinski definition) is 4. The Morgan fingerprint density at radius 1 is 1.47 bits per heavy atom. The predicted molar refractivity (Wildman–Crippen MR) is 64.2 cm³/mol. The van der Waals surface area contributed by atoms with E-state index in [-0.39, 0.29) is 11.6 Å². The van der Waals surface area contributed by atoms with Gasteiger partial charge in [0.25, 0.3) is 0 Å². The third-order valence-corrected chi connectivity index (χ3v) is 3.64. The average Bonchev–Trinajstić information content (AvgIpc) is 2.68. The van der Waals surface area contributed by atoms with E-state index in [0.29, 0.717) is 6.04 Å². The maximum absolute atomic E-state index is 5.44. The summed E-state index contributed by atoms with van der Waals surface area (Å²) in [5.41, 5.74) is -0.211. The topological polar surface area (TPSA) is 34.1 Å². The Kier molecular flexibility index (Phi) is 4.25. The molecule has 0 aliphatic carbocycles. The number of hydrogen-bond donors (Lipinski definition) is 1. The number of ether oxygens (including phenoxy) is 1. The van der Waals surface area contributed by atoms with Crippen LogP contribution >= 0.6 is 11.3 Å². The van der Waals surface area contributed by atoms with E-state index in [1.165, 1.54) is 0 Å². The normalized spacial score (nSPS) is 17.7. The third-order valence-electron chi connectivity index (χ3n) is 2.63. The van der Waals surface area contributed by atoms with Gasteiger partial charge in [0.05, 0.1) is 11.6 Å². The van der Waals surface area contributed by atoms with Gasteiger partial charge in [0.15, 0.2) is 0 Å². The van der Waals surface area contributed by atoms with Gasteiger partial charge in [-0.3, -0.25) is 0 Å². The third kappa shape index (κ3) is 2.77. The van der Waals surface area contributed by atoms with Gasteiger partial charge in [-0.2, -0.15) is 0 Å². The molecular formula is C11H20N2OS. The van der Waals surface area contributed by atoms with Gasteiger partial charge < -0.3 is 10.1 Å². The van der Waals surface area contributed by atoms with Gasteiger partial charge in [0.2, 0.25) is 0 Å². The number of rotatable bonds is 5. The lowest BCUT2D eigenvalue weighted by molar-refractivity contribution is 0.0319. The van der Waals surface area contributed by atoms with Gasteiger partial charge in [0.1, 0.15) is 5.01 Å². The molecule has 2 atom stereocenters. The second kappa shape index (κ2) is 5.05. The Labute approximate surface area is 95.9 Å². The Bertz CT molecular complexity index is 287. The molecule has 0 aliphatic rings. The van der Waals surface area contributed by atoms with Crippen molar-refractivity contribution < 1.29 is 4.74 Å². The van der Waals surface area contributed by atoms with Gasteiger partial charge in [0, 0.05) is 24.7 Å². The molecule has 1 heterocycles. The minimum atomic E-state index is -0.211. The molecule has 0 saturated heterocycles. The molecular weight excluding hydrogens is 208 g/mol. The van der Waals surface area contributed by atoms with Crippen molar-refractivity contribution in [3.8, 4) is 0 Å². The minimum Gasteiger partial charge on any atom is -0.379 e. The molecule has 1 aromatic rings. The van der Waals surface area contributed by atoms with Crippen LogP contribution in [0.3, 0.4) is 0 Å². The molecule has 15 heavy (non-hydrogen) atoms. The second-order valence-electron chi connectivity index (χ2n) is 4.22. The minimum absolute atomic E-state index is 0.0889. The van der Waals surface area contributed by atoms with Crippen LogP contribution in [0.1, 0.15) is 32.7 Å². The molecule has 0 spiro atoms. The van der Waals surface area contributed by atoms with E-state index in [1.807, 2.05) is 11.6 Å². The Hall–Kier alpha value is -0.450. The summed E-state index contributed by atoms with van der Waals surface area (Å²) < 4.78 is 5.44.